The average Bonchev–Trinajstić information content (AvgIpc) is 3.38. The Labute approximate surface area is 188 Å². The number of nitrogens with one attached hydrogen (secondary N) is 1. The molecule has 32 heavy (non-hydrogen) atoms. The number of aromatic nitrogens is 1. The van der Waals surface area contributed by atoms with Gasteiger partial charge in [0.05, 0.1) is 26.3 Å². The predicted octanol–water partition coefficient (Wildman–Crippen LogP) is 3.33. The summed E-state index contributed by atoms with van der Waals surface area (Å²) >= 11 is 0. The topological polar surface area (TPSA) is 96.6 Å². The molecule has 170 valence electrons. The molecule has 3 rings (SSSR count). The molecule has 1 heterocycles. The van der Waals surface area contributed by atoms with Gasteiger partial charge in [-0.3, -0.25) is 19.1 Å². The molecule has 8 nitrogen and oxygen atoms in total. The third-order valence-electron chi connectivity index (χ3n) is 6.52. The maximum atomic E-state index is 13.1. The van der Waals surface area contributed by atoms with Crippen LogP contribution in [0.3, 0.4) is 0 Å². The zero-order chi connectivity index (χ0) is 23.5. The molecule has 0 radical (unpaired) electrons. The number of ether oxygens (including phenoxy) is 2. The fourth-order valence-corrected chi connectivity index (χ4v) is 4.54. The van der Waals surface area contributed by atoms with Crippen molar-refractivity contribution in [3.8, 4) is 17.5 Å². The summed E-state index contributed by atoms with van der Waals surface area (Å²) in [7, 11) is 4.75. The fraction of sp³-hybridized carbons (Fsp3) is 0.458. The first kappa shape index (κ1) is 23.4. The number of esters is 1. The minimum atomic E-state index is -0.784. The molecule has 0 bridgehead atoms. The van der Waals surface area contributed by atoms with E-state index in [1.54, 1.807) is 19.1 Å². The quantitative estimate of drug-likeness (QED) is 0.666. The van der Waals surface area contributed by atoms with Crippen molar-refractivity contribution in [2.75, 3.05) is 33.1 Å². The molecular formula is C24H30N4O4. The van der Waals surface area contributed by atoms with Crippen LogP contribution in [-0.2, 0) is 14.3 Å². The Morgan fingerprint density at radius 3 is 2.34 bits per heavy atom. The van der Waals surface area contributed by atoms with Crippen LogP contribution >= 0.6 is 0 Å². The largest absolute Gasteiger partial charge is 0.497 e. The van der Waals surface area contributed by atoms with Crippen molar-refractivity contribution in [2.45, 2.75) is 45.1 Å². The van der Waals surface area contributed by atoms with Crippen LogP contribution in [0.15, 0.2) is 24.3 Å². The van der Waals surface area contributed by atoms with E-state index in [0.717, 1.165) is 29.8 Å². The molecule has 2 aromatic rings. The Bertz CT molecular complexity index is 1040. The molecule has 1 aromatic heterocycles. The van der Waals surface area contributed by atoms with Crippen molar-refractivity contribution in [1.82, 2.24) is 9.47 Å². The molecule has 0 unspecified atom stereocenters. The van der Waals surface area contributed by atoms with Gasteiger partial charge in [-0.1, -0.05) is 12.8 Å². The number of rotatable bonds is 7. The van der Waals surface area contributed by atoms with Crippen molar-refractivity contribution >= 4 is 17.7 Å². The van der Waals surface area contributed by atoms with E-state index in [4.69, 9.17) is 9.47 Å². The van der Waals surface area contributed by atoms with E-state index >= 15 is 0 Å². The maximum Gasteiger partial charge on any atom is 0.326 e. The highest BCUT2D eigenvalue weighted by Crippen LogP contribution is 2.36. The highest BCUT2D eigenvalue weighted by Gasteiger charge is 2.46. The minimum Gasteiger partial charge on any atom is -0.497 e. The lowest BCUT2D eigenvalue weighted by molar-refractivity contribution is -0.154. The summed E-state index contributed by atoms with van der Waals surface area (Å²) in [6.07, 6.45) is 3.15. The SMILES string of the molecule is COC(=O)C1(N(C)CC(=O)Nc2c(C#N)c(C)c(C)n2-c2ccc(OC)cc2)CCCC1. The number of nitriles is 1. The van der Waals surface area contributed by atoms with Gasteiger partial charge in [-0.05, 0) is 63.6 Å². The lowest BCUT2D eigenvalue weighted by Crippen LogP contribution is -2.53. The zero-order valence-electron chi connectivity index (χ0n) is 19.3. The van der Waals surface area contributed by atoms with Gasteiger partial charge in [0.15, 0.2) is 0 Å². The van der Waals surface area contributed by atoms with Crippen LogP contribution in [0.1, 0.15) is 42.5 Å². The Balaban J connectivity index is 1.91. The number of carbonyl (C=O) groups is 2. The standard InChI is InChI=1S/C24H30N4O4/c1-16-17(2)28(18-8-10-19(31-4)11-9-18)22(20(16)14-25)26-21(29)15-27(3)24(23(30)32-5)12-6-7-13-24/h8-11H,6-7,12-13,15H2,1-5H3,(H,26,29). The summed E-state index contributed by atoms with van der Waals surface area (Å²) in [5.74, 6) is 0.528. The van der Waals surface area contributed by atoms with Crippen molar-refractivity contribution < 1.29 is 19.1 Å². The van der Waals surface area contributed by atoms with E-state index in [1.165, 1.54) is 7.11 Å². The summed E-state index contributed by atoms with van der Waals surface area (Å²) in [4.78, 5) is 27.3. The third kappa shape index (κ3) is 4.08. The Morgan fingerprint density at radius 1 is 1.19 bits per heavy atom. The van der Waals surface area contributed by atoms with Crippen LogP contribution in [0, 0.1) is 25.2 Å². The van der Waals surface area contributed by atoms with E-state index in [0.29, 0.717) is 30.0 Å². The number of hydrogen-bond acceptors (Lipinski definition) is 6. The van der Waals surface area contributed by atoms with Gasteiger partial charge >= 0.3 is 5.97 Å². The van der Waals surface area contributed by atoms with Crippen LogP contribution in [0.4, 0.5) is 5.82 Å². The number of hydrogen-bond donors (Lipinski definition) is 1. The molecule has 1 fully saturated rings. The smallest absolute Gasteiger partial charge is 0.326 e. The number of amides is 1. The van der Waals surface area contributed by atoms with Gasteiger partial charge in [-0.2, -0.15) is 5.26 Å². The average molecular weight is 439 g/mol. The van der Waals surface area contributed by atoms with Crippen molar-refractivity contribution in [3.05, 3.63) is 41.1 Å². The van der Waals surface area contributed by atoms with Crippen LogP contribution in [-0.4, -0.2) is 54.7 Å². The van der Waals surface area contributed by atoms with Crippen molar-refractivity contribution in [1.29, 1.82) is 5.26 Å². The highest BCUT2D eigenvalue weighted by molar-refractivity contribution is 5.94. The summed E-state index contributed by atoms with van der Waals surface area (Å²) in [5, 5.41) is 12.7. The highest BCUT2D eigenvalue weighted by atomic mass is 16.5. The second-order valence-electron chi connectivity index (χ2n) is 8.21. The molecule has 1 aromatic carbocycles. The molecule has 8 heteroatoms. The lowest BCUT2D eigenvalue weighted by Gasteiger charge is -2.35. The zero-order valence-corrected chi connectivity index (χ0v) is 19.3. The lowest BCUT2D eigenvalue weighted by atomic mass is 9.95. The van der Waals surface area contributed by atoms with Gasteiger partial charge in [0.25, 0.3) is 0 Å². The maximum absolute atomic E-state index is 13.1. The van der Waals surface area contributed by atoms with Gasteiger partial charge < -0.3 is 14.8 Å². The first-order valence-electron chi connectivity index (χ1n) is 10.6. The number of benzene rings is 1. The number of methoxy groups -OCH3 is 2. The van der Waals surface area contributed by atoms with Gasteiger partial charge in [0, 0.05) is 11.4 Å². The van der Waals surface area contributed by atoms with Gasteiger partial charge in [0.1, 0.15) is 23.2 Å². The normalized spacial score (nSPS) is 14.8. The Morgan fingerprint density at radius 2 is 1.81 bits per heavy atom. The molecule has 1 aliphatic rings. The monoisotopic (exact) mass is 438 g/mol. The van der Waals surface area contributed by atoms with Gasteiger partial charge in [-0.25, -0.2) is 0 Å². The van der Waals surface area contributed by atoms with Crippen LogP contribution in [0.25, 0.3) is 5.69 Å². The Kier molecular flexibility index (Phi) is 6.90. The van der Waals surface area contributed by atoms with E-state index in [2.05, 4.69) is 11.4 Å². The molecular weight excluding hydrogens is 408 g/mol. The molecule has 1 saturated carbocycles. The molecule has 0 atom stereocenters. The van der Waals surface area contributed by atoms with E-state index in [9.17, 15) is 14.9 Å². The second kappa shape index (κ2) is 9.45. The molecule has 1 N–H and O–H groups in total. The van der Waals surface area contributed by atoms with E-state index < -0.39 is 5.54 Å². The molecule has 0 spiro atoms. The molecule has 0 aliphatic heterocycles. The minimum absolute atomic E-state index is 0.00581. The number of anilines is 1. The van der Waals surface area contributed by atoms with E-state index in [-0.39, 0.29) is 18.4 Å². The number of carbonyl (C=O) groups excluding carboxylic acids is 2. The van der Waals surface area contributed by atoms with Crippen LogP contribution in [0.5, 0.6) is 5.75 Å². The molecule has 1 amide bonds. The summed E-state index contributed by atoms with van der Waals surface area (Å²) in [6, 6.07) is 9.62. The summed E-state index contributed by atoms with van der Waals surface area (Å²) in [5.41, 5.74) is 2.09. The van der Waals surface area contributed by atoms with Crippen LogP contribution < -0.4 is 10.1 Å². The fourth-order valence-electron chi connectivity index (χ4n) is 4.54. The van der Waals surface area contributed by atoms with Gasteiger partial charge in [0.2, 0.25) is 5.91 Å². The van der Waals surface area contributed by atoms with Gasteiger partial charge in [-0.15, -0.1) is 0 Å². The molecule has 0 saturated heterocycles. The predicted molar refractivity (Wildman–Crippen MR) is 121 cm³/mol. The van der Waals surface area contributed by atoms with Crippen LogP contribution in [0.2, 0.25) is 0 Å². The first-order chi connectivity index (χ1) is 15.3. The number of nitrogens with zero attached hydrogens (tertiary/aromatic N) is 3. The third-order valence-corrected chi connectivity index (χ3v) is 6.52. The second-order valence-corrected chi connectivity index (χ2v) is 8.21. The van der Waals surface area contributed by atoms with E-state index in [1.807, 2.05) is 42.7 Å². The Hall–Kier alpha value is -3.31. The summed E-state index contributed by atoms with van der Waals surface area (Å²) < 4.78 is 12.1. The first-order valence-corrected chi connectivity index (χ1v) is 10.6. The number of likely N-dealkylation sites (N-methyl/N-ethyl adjacent to an activating group) is 1. The van der Waals surface area contributed by atoms with Crippen molar-refractivity contribution in [2.24, 2.45) is 0 Å². The molecule has 1 aliphatic carbocycles. The summed E-state index contributed by atoms with van der Waals surface area (Å²) in [6.45, 7) is 3.78. The van der Waals surface area contributed by atoms with Crippen molar-refractivity contribution in [3.63, 3.8) is 0 Å².